The Morgan fingerprint density at radius 1 is 1.09 bits per heavy atom. The second kappa shape index (κ2) is 11.9. The molecular weight excluding hydrogens is 424 g/mol. The molecular formula is C24H34N4O3S. The van der Waals surface area contributed by atoms with Gasteiger partial charge in [0.1, 0.15) is 11.8 Å². The molecule has 0 saturated carbocycles. The number of unbranched alkanes of at least 4 members (excludes halogenated alkanes) is 2. The van der Waals surface area contributed by atoms with E-state index in [0.29, 0.717) is 29.9 Å². The van der Waals surface area contributed by atoms with Crippen molar-refractivity contribution >= 4 is 23.7 Å². The number of esters is 1. The molecule has 0 spiro atoms. The number of anilines is 1. The van der Waals surface area contributed by atoms with E-state index in [-0.39, 0.29) is 5.97 Å². The summed E-state index contributed by atoms with van der Waals surface area (Å²) in [5, 5.41) is 8.66. The van der Waals surface area contributed by atoms with Crippen molar-refractivity contribution in [1.29, 1.82) is 0 Å². The quantitative estimate of drug-likeness (QED) is 0.252. The summed E-state index contributed by atoms with van der Waals surface area (Å²) < 4.78 is 13.2. The van der Waals surface area contributed by atoms with E-state index >= 15 is 0 Å². The number of allylic oxidation sites excluding steroid dienone is 1. The molecule has 1 unspecified atom stereocenters. The molecule has 7 nitrogen and oxygen atoms in total. The molecule has 0 amide bonds. The summed E-state index contributed by atoms with van der Waals surface area (Å²) in [6, 6.07) is 7.49. The van der Waals surface area contributed by atoms with Crippen LogP contribution in [0.2, 0.25) is 0 Å². The minimum atomic E-state index is -0.409. The number of thioether (sulfide) groups is 1. The molecule has 1 atom stereocenters. The summed E-state index contributed by atoms with van der Waals surface area (Å²) >= 11 is 1.61. The Bertz CT molecular complexity index is 924. The summed E-state index contributed by atoms with van der Waals surface area (Å²) in [5.74, 6) is 2.08. The number of fused-ring (bicyclic) bond motifs is 1. The van der Waals surface area contributed by atoms with E-state index in [1.807, 2.05) is 38.1 Å². The van der Waals surface area contributed by atoms with Crippen LogP contribution in [0.4, 0.5) is 5.95 Å². The Kier molecular flexibility index (Phi) is 9.02. The zero-order valence-corrected chi connectivity index (χ0v) is 20.3. The topological polar surface area (TPSA) is 78.3 Å². The molecule has 1 aliphatic heterocycles. The van der Waals surface area contributed by atoms with Gasteiger partial charge in [-0.3, -0.25) is 0 Å². The molecule has 32 heavy (non-hydrogen) atoms. The van der Waals surface area contributed by atoms with Gasteiger partial charge in [0.2, 0.25) is 11.1 Å². The summed E-state index contributed by atoms with van der Waals surface area (Å²) in [6.45, 7) is 9.27. The van der Waals surface area contributed by atoms with Crippen molar-refractivity contribution in [3.8, 4) is 5.75 Å². The van der Waals surface area contributed by atoms with Crippen molar-refractivity contribution < 1.29 is 14.3 Å². The number of rotatable bonds is 12. The van der Waals surface area contributed by atoms with Gasteiger partial charge in [0.25, 0.3) is 0 Å². The molecule has 1 aromatic carbocycles. The van der Waals surface area contributed by atoms with Gasteiger partial charge < -0.3 is 14.8 Å². The fourth-order valence-corrected chi connectivity index (χ4v) is 4.20. The molecule has 2 heterocycles. The van der Waals surface area contributed by atoms with Crippen molar-refractivity contribution in [3.63, 3.8) is 0 Å². The highest BCUT2D eigenvalue weighted by molar-refractivity contribution is 7.99. The van der Waals surface area contributed by atoms with Crippen molar-refractivity contribution in [1.82, 2.24) is 14.8 Å². The van der Waals surface area contributed by atoms with E-state index < -0.39 is 6.04 Å². The molecule has 174 valence electrons. The first-order valence-electron chi connectivity index (χ1n) is 11.6. The maximum absolute atomic E-state index is 13.0. The second-order valence-corrected chi connectivity index (χ2v) is 8.90. The number of aromatic nitrogens is 3. The molecule has 0 aliphatic carbocycles. The van der Waals surface area contributed by atoms with Gasteiger partial charge in [-0.2, -0.15) is 4.98 Å². The number of nitrogens with one attached hydrogen (secondary N) is 1. The fraction of sp³-hybridized carbons (Fsp3) is 0.542. The lowest BCUT2D eigenvalue weighted by molar-refractivity contribution is -0.139. The van der Waals surface area contributed by atoms with Crippen LogP contribution < -0.4 is 10.1 Å². The number of hydrogen-bond acceptors (Lipinski definition) is 7. The average molecular weight is 459 g/mol. The lowest BCUT2D eigenvalue weighted by atomic mass is 9.96. The molecule has 1 aliphatic rings. The number of nitrogens with zero attached hydrogens (tertiary/aromatic N) is 3. The first kappa shape index (κ1) is 24.2. The third-order valence-corrected chi connectivity index (χ3v) is 6.18. The predicted octanol–water partition coefficient (Wildman–Crippen LogP) is 5.59. The first-order valence-corrected chi connectivity index (χ1v) is 12.5. The second-order valence-electron chi connectivity index (χ2n) is 7.84. The monoisotopic (exact) mass is 458 g/mol. The maximum atomic E-state index is 13.0. The van der Waals surface area contributed by atoms with Crippen molar-refractivity contribution in [2.24, 2.45) is 0 Å². The molecule has 2 aromatic rings. The van der Waals surface area contributed by atoms with Crippen LogP contribution >= 0.6 is 11.8 Å². The molecule has 0 radical (unpaired) electrons. The molecule has 3 rings (SSSR count). The fourth-order valence-electron chi connectivity index (χ4n) is 3.52. The maximum Gasteiger partial charge on any atom is 0.338 e. The first-order chi connectivity index (χ1) is 15.6. The summed E-state index contributed by atoms with van der Waals surface area (Å²) in [7, 11) is 0. The minimum absolute atomic E-state index is 0.328. The van der Waals surface area contributed by atoms with Gasteiger partial charge in [0, 0.05) is 11.4 Å². The van der Waals surface area contributed by atoms with Crippen molar-refractivity contribution in [3.05, 3.63) is 41.1 Å². The molecule has 8 heteroatoms. The van der Waals surface area contributed by atoms with E-state index in [9.17, 15) is 4.79 Å². The van der Waals surface area contributed by atoms with Gasteiger partial charge in [0.05, 0.1) is 18.8 Å². The third kappa shape index (κ3) is 5.85. The number of hydrogen-bond donors (Lipinski definition) is 1. The van der Waals surface area contributed by atoms with Crippen LogP contribution in [0.25, 0.3) is 0 Å². The van der Waals surface area contributed by atoms with Crippen molar-refractivity contribution in [2.45, 2.75) is 71.0 Å². The number of carbonyl (C=O) groups excluding carboxylic acids is 1. The molecule has 0 saturated heterocycles. The van der Waals surface area contributed by atoms with E-state index in [1.54, 1.807) is 16.4 Å². The van der Waals surface area contributed by atoms with Crippen LogP contribution in [-0.2, 0) is 9.53 Å². The van der Waals surface area contributed by atoms with E-state index in [4.69, 9.17) is 14.6 Å². The molecule has 0 bridgehead atoms. The van der Waals surface area contributed by atoms with Crippen molar-refractivity contribution in [2.75, 3.05) is 24.3 Å². The number of benzene rings is 1. The Morgan fingerprint density at radius 2 is 1.88 bits per heavy atom. The Labute approximate surface area is 195 Å². The van der Waals surface area contributed by atoms with Crippen LogP contribution in [0.3, 0.4) is 0 Å². The summed E-state index contributed by atoms with van der Waals surface area (Å²) in [4.78, 5) is 17.6. The smallest absolute Gasteiger partial charge is 0.338 e. The van der Waals surface area contributed by atoms with Gasteiger partial charge in [-0.25, -0.2) is 9.48 Å². The van der Waals surface area contributed by atoms with Gasteiger partial charge in [-0.15, -0.1) is 5.10 Å². The third-order valence-electron chi connectivity index (χ3n) is 5.14. The lowest BCUT2D eigenvalue weighted by Crippen LogP contribution is -2.29. The normalized spacial score (nSPS) is 15.3. The Morgan fingerprint density at radius 3 is 2.56 bits per heavy atom. The van der Waals surface area contributed by atoms with Gasteiger partial charge in [-0.1, -0.05) is 57.5 Å². The zero-order chi connectivity index (χ0) is 22.9. The van der Waals surface area contributed by atoms with Crippen LogP contribution in [0.1, 0.15) is 71.4 Å². The average Bonchev–Trinajstić information content (AvgIpc) is 3.20. The zero-order valence-electron chi connectivity index (χ0n) is 19.5. The SMILES string of the molecule is CCCCCOc1ccc(C2C(C(=O)OCCC)=C(C)Nc3nc(SCCC)nn32)cc1. The van der Waals surface area contributed by atoms with Gasteiger partial charge in [0.15, 0.2) is 0 Å². The summed E-state index contributed by atoms with van der Waals surface area (Å²) in [5.41, 5.74) is 2.23. The summed E-state index contributed by atoms with van der Waals surface area (Å²) in [6.07, 6.45) is 5.18. The Hall–Kier alpha value is -2.48. The van der Waals surface area contributed by atoms with E-state index in [2.05, 4.69) is 24.1 Å². The minimum Gasteiger partial charge on any atom is -0.494 e. The van der Waals surface area contributed by atoms with Crippen LogP contribution in [-0.4, -0.2) is 39.7 Å². The predicted molar refractivity (Wildman–Crippen MR) is 128 cm³/mol. The van der Waals surface area contributed by atoms with Crippen LogP contribution in [0.5, 0.6) is 5.75 Å². The van der Waals surface area contributed by atoms with Gasteiger partial charge in [-0.05, 0) is 43.9 Å². The largest absolute Gasteiger partial charge is 0.494 e. The Balaban J connectivity index is 1.91. The van der Waals surface area contributed by atoms with Gasteiger partial charge >= 0.3 is 5.97 Å². The number of ether oxygens (including phenoxy) is 2. The number of carbonyl (C=O) groups is 1. The van der Waals surface area contributed by atoms with Crippen LogP contribution in [0, 0.1) is 0 Å². The van der Waals surface area contributed by atoms with E-state index in [1.165, 1.54) is 6.42 Å². The molecule has 1 N–H and O–H groups in total. The highest BCUT2D eigenvalue weighted by Gasteiger charge is 2.35. The van der Waals surface area contributed by atoms with Crippen LogP contribution in [0.15, 0.2) is 40.7 Å². The molecule has 0 fully saturated rings. The lowest BCUT2D eigenvalue weighted by Gasteiger charge is -2.28. The molecule has 1 aromatic heterocycles. The highest BCUT2D eigenvalue weighted by atomic mass is 32.2. The van der Waals surface area contributed by atoms with E-state index in [0.717, 1.165) is 48.4 Å². The standard InChI is InChI=1S/C24H34N4O3S/c1-5-8-9-15-30-19-12-10-18(11-13-19)21-20(22(29)31-14-6-2)17(4)25-23-26-24(27-28(21)23)32-16-7-3/h10-13,21H,5-9,14-16H2,1-4H3,(H,25,26,27). The highest BCUT2D eigenvalue weighted by Crippen LogP contribution is 2.37.